The van der Waals surface area contributed by atoms with E-state index in [0.29, 0.717) is 24.6 Å². The van der Waals surface area contributed by atoms with E-state index in [0.717, 1.165) is 24.0 Å². The molecule has 1 aliphatic heterocycles. The first-order valence-electron chi connectivity index (χ1n) is 8.69. The van der Waals surface area contributed by atoms with E-state index < -0.39 is 10.0 Å². The van der Waals surface area contributed by atoms with Crippen LogP contribution in [0.2, 0.25) is 0 Å². The van der Waals surface area contributed by atoms with Gasteiger partial charge in [0.05, 0.1) is 18.4 Å². The Morgan fingerprint density at radius 1 is 1.04 bits per heavy atom. The molecule has 0 amide bonds. The lowest BCUT2D eigenvalue weighted by Gasteiger charge is -2.31. The molecule has 1 fully saturated rings. The summed E-state index contributed by atoms with van der Waals surface area (Å²) in [4.78, 5) is 11.5. The second-order valence-corrected chi connectivity index (χ2v) is 8.50. The van der Waals surface area contributed by atoms with E-state index in [4.69, 9.17) is 4.74 Å². The number of carbonyl (C=O) groups excluding carboxylic acids is 1. The van der Waals surface area contributed by atoms with Gasteiger partial charge in [-0.1, -0.05) is 42.5 Å². The topological polar surface area (TPSA) is 63.7 Å². The third kappa shape index (κ3) is 4.31. The standard InChI is InChI=1S/C20H23NO4S/c1-25-20(22)19-9-7-17(8-10-19)18-11-13-21(14-12-18)26(23,24)15-16-5-3-2-4-6-16/h2-10,18H,11-15H2,1H3. The Balaban J connectivity index is 1.61. The molecule has 26 heavy (non-hydrogen) atoms. The Hall–Kier alpha value is -2.18. The van der Waals surface area contributed by atoms with E-state index in [-0.39, 0.29) is 11.7 Å². The zero-order chi connectivity index (χ0) is 18.6. The highest BCUT2D eigenvalue weighted by molar-refractivity contribution is 7.88. The van der Waals surface area contributed by atoms with Crippen LogP contribution in [0, 0.1) is 0 Å². The lowest BCUT2D eigenvalue weighted by atomic mass is 9.90. The molecule has 0 bridgehead atoms. The van der Waals surface area contributed by atoms with Crippen molar-refractivity contribution in [2.24, 2.45) is 0 Å². The molecule has 3 rings (SSSR count). The fourth-order valence-electron chi connectivity index (χ4n) is 3.35. The molecule has 0 unspecified atom stereocenters. The molecule has 0 radical (unpaired) electrons. The zero-order valence-electron chi connectivity index (χ0n) is 14.8. The molecule has 0 saturated carbocycles. The van der Waals surface area contributed by atoms with Crippen LogP contribution in [0.4, 0.5) is 0 Å². The third-order valence-electron chi connectivity index (χ3n) is 4.84. The predicted octanol–water partition coefficient (Wildman–Crippen LogP) is 3.18. The molecule has 1 heterocycles. The number of benzene rings is 2. The Morgan fingerprint density at radius 2 is 1.65 bits per heavy atom. The number of carbonyl (C=O) groups is 1. The van der Waals surface area contributed by atoms with Crippen LogP contribution < -0.4 is 0 Å². The summed E-state index contributed by atoms with van der Waals surface area (Å²) in [6, 6.07) is 16.7. The van der Waals surface area contributed by atoms with E-state index in [9.17, 15) is 13.2 Å². The molecule has 0 atom stereocenters. The summed E-state index contributed by atoms with van der Waals surface area (Å²) < 4.78 is 31.6. The van der Waals surface area contributed by atoms with E-state index in [1.807, 2.05) is 42.5 Å². The van der Waals surface area contributed by atoms with Crippen LogP contribution >= 0.6 is 0 Å². The summed E-state index contributed by atoms with van der Waals surface area (Å²) in [6.07, 6.45) is 1.57. The van der Waals surface area contributed by atoms with Crippen molar-refractivity contribution < 1.29 is 17.9 Å². The van der Waals surface area contributed by atoms with Crippen molar-refractivity contribution in [2.45, 2.75) is 24.5 Å². The number of hydrogen-bond acceptors (Lipinski definition) is 4. The van der Waals surface area contributed by atoms with Crippen LogP contribution in [0.1, 0.15) is 40.2 Å². The number of piperidine rings is 1. The van der Waals surface area contributed by atoms with Gasteiger partial charge in [-0.05, 0) is 42.0 Å². The van der Waals surface area contributed by atoms with Crippen LogP contribution in [0.15, 0.2) is 54.6 Å². The van der Waals surface area contributed by atoms with Gasteiger partial charge in [-0.2, -0.15) is 0 Å². The Kier molecular flexibility index (Phi) is 5.74. The third-order valence-corrected chi connectivity index (χ3v) is 6.69. The van der Waals surface area contributed by atoms with Gasteiger partial charge in [-0.3, -0.25) is 0 Å². The number of methoxy groups -OCH3 is 1. The quantitative estimate of drug-likeness (QED) is 0.755. The van der Waals surface area contributed by atoms with Crippen molar-refractivity contribution in [3.8, 4) is 0 Å². The van der Waals surface area contributed by atoms with Crippen LogP contribution in [-0.2, 0) is 20.5 Å². The first kappa shape index (κ1) is 18.6. The lowest BCUT2D eigenvalue weighted by Crippen LogP contribution is -2.38. The van der Waals surface area contributed by atoms with Gasteiger partial charge in [0.15, 0.2) is 0 Å². The molecule has 2 aromatic rings. The summed E-state index contributed by atoms with van der Waals surface area (Å²) >= 11 is 0. The molecule has 1 saturated heterocycles. The maximum Gasteiger partial charge on any atom is 0.337 e. The van der Waals surface area contributed by atoms with Crippen LogP contribution in [0.3, 0.4) is 0 Å². The van der Waals surface area contributed by atoms with Gasteiger partial charge >= 0.3 is 5.97 Å². The van der Waals surface area contributed by atoms with Gasteiger partial charge in [0.2, 0.25) is 10.0 Å². The van der Waals surface area contributed by atoms with Crippen LogP contribution in [0.25, 0.3) is 0 Å². The summed E-state index contributed by atoms with van der Waals surface area (Å²) in [6.45, 7) is 1.05. The van der Waals surface area contributed by atoms with Crippen LogP contribution in [-0.4, -0.2) is 38.9 Å². The minimum absolute atomic E-state index is 0.0479. The average Bonchev–Trinajstić information content (AvgIpc) is 2.68. The molecular formula is C20H23NO4S. The lowest BCUT2D eigenvalue weighted by molar-refractivity contribution is 0.0600. The number of nitrogens with zero attached hydrogens (tertiary/aromatic N) is 1. The second kappa shape index (κ2) is 8.01. The molecule has 1 aliphatic rings. The summed E-state index contributed by atoms with van der Waals surface area (Å²) in [5.41, 5.74) is 2.48. The first-order valence-corrected chi connectivity index (χ1v) is 10.3. The van der Waals surface area contributed by atoms with Crippen molar-refractivity contribution in [1.29, 1.82) is 0 Å². The smallest absolute Gasteiger partial charge is 0.337 e. The zero-order valence-corrected chi connectivity index (χ0v) is 15.6. The molecule has 0 aromatic heterocycles. The number of sulfonamides is 1. The highest BCUT2D eigenvalue weighted by Gasteiger charge is 2.28. The van der Waals surface area contributed by atoms with Crippen molar-refractivity contribution >= 4 is 16.0 Å². The summed E-state index contributed by atoms with van der Waals surface area (Å²) in [5, 5.41) is 0. The SMILES string of the molecule is COC(=O)c1ccc(C2CCN(S(=O)(=O)Cc3ccccc3)CC2)cc1. The number of esters is 1. The fourth-order valence-corrected chi connectivity index (χ4v) is 4.92. The number of hydrogen-bond donors (Lipinski definition) is 0. The number of rotatable bonds is 5. The predicted molar refractivity (Wildman–Crippen MR) is 100 cm³/mol. The molecule has 138 valence electrons. The maximum absolute atomic E-state index is 12.6. The van der Waals surface area contributed by atoms with Gasteiger partial charge in [0.25, 0.3) is 0 Å². The summed E-state index contributed by atoms with van der Waals surface area (Å²) in [7, 11) is -1.93. The van der Waals surface area contributed by atoms with Gasteiger partial charge < -0.3 is 4.74 Å². The van der Waals surface area contributed by atoms with E-state index in [1.54, 1.807) is 16.4 Å². The van der Waals surface area contributed by atoms with E-state index in [1.165, 1.54) is 7.11 Å². The van der Waals surface area contributed by atoms with E-state index >= 15 is 0 Å². The van der Waals surface area contributed by atoms with Crippen molar-refractivity contribution in [3.05, 3.63) is 71.3 Å². The monoisotopic (exact) mass is 373 g/mol. The van der Waals surface area contributed by atoms with Gasteiger partial charge in [0, 0.05) is 13.1 Å². The minimum Gasteiger partial charge on any atom is -0.465 e. The Bertz CT molecular complexity index is 839. The fraction of sp³-hybridized carbons (Fsp3) is 0.350. The second-order valence-electron chi connectivity index (χ2n) is 6.53. The first-order chi connectivity index (χ1) is 12.5. The Morgan fingerprint density at radius 3 is 2.23 bits per heavy atom. The largest absolute Gasteiger partial charge is 0.465 e. The van der Waals surface area contributed by atoms with Crippen molar-refractivity contribution in [1.82, 2.24) is 4.31 Å². The van der Waals surface area contributed by atoms with Gasteiger partial charge in [-0.25, -0.2) is 17.5 Å². The number of ether oxygens (including phenoxy) is 1. The molecule has 0 spiro atoms. The van der Waals surface area contributed by atoms with Crippen molar-refractivity contribution in [3.63, 3.8) is 0 Å². The average molecular weight is 373 g/mol. The molecule has 6 heteroatoms. The highest BCUT2D eigenvalue weighted by atomic mass is 32.2. The molecule has 0 aliphatic carbocycles. The molecular weight excluding hydrogens is 350 g/mol. The Labute approximate surface area is 154 Å². The maximum atomic E-state index is 12.6. The molecule has 5 nitrogen and oxygen atoms in total. The van der Waals surface area contributed by atoms with E-state index in [2.05, 4.69) is 0 Å². The van der Waals surface area contributed by atoms with Gasteiger partial charge in [-0.15, -0.1) is 0 Å². The normalized spacial score (nSPS) is 16.3. The highest BCUT2D eigenvalue weighted by Crippen LogP contribution is 2.30. The van der Waals surface area contributed by atoms with Gasteiger partial charge in [0.1, 0.15) is 0 Å². The van der Waals surface area contributed by atoms with Crippen LogP contribution in [0.5, 0.6) is 0 Å². The molecule has 2 aromatic carbocycles. The minimum atomic E-state index is -3.29. The van der Waals surface area contributed by atoms with Crippen molar-refractivity contribution in [2.75, 3.05) is 20.2 Å². The summed E-state index contributed by atoms with van der Waals surface area (Å²) in [5.74, 6) is 0.00929. The molecule has 0 N–H and O–H groups in total.